The zero-order valence-electron chi connectivity index (χ0n) is 19.5. The zero-order chi connectivity index (χ0) is 22.3. The van der Waals surface area contributed by atoms with Crippen molar-refractivity contribution < 1.29 is 0 Å². The van der Waals surface area contributed by atoms with E-state index in [2.05, 4.69) is 81.2 Å². The summed E-state index contributed by atoms with van der Waals surface area (Å²) in [6.07, 6.45) is 18.0. The molecule has 0 heterocycles. The summed E-state index contributed by atoms with van der Waals surface area (Å²) < 4.78 is 2.41. The van der Waals surface area contributed by atoms with Gasteiger partial charge < -0.3 is 0 Å². The molecule has 2 heteroatoms. The van der Waals surface area contributed by atoms with Gasteiger partial charge in [-0.1, -0.05) is 140 Å². The van der Waals surface area contributed by atoms with E-state index in [4.69, 9.17) is 0 Å². The van der Waals surface area contributed by atoms with Crippen LogP contribution in [0.1, 0.15) is 89.5 Å². The van der Waals surface area contributed by atoms with Gasteiger partial charge in [0, 0.05) is 8.95 Å². The minimum atomic E-state index is 1.17. The quantitative estimate of drug-likeness (QED) is 0.114. The molecular formula is C30H36Br2. The Kier molecular flexibility index (Phi) is 8.89. The molecule has 0 unspecified atom stereocenters. The molecule has 0 fully saturated rings. The van der Waals surface area contributed by atoms with Crippen LogP contribution in [0.2, 0.25) is 0 Å². The second-order valence-corrected chi connectivity index (χ2v) is 11.2. The van der Waals surface area contributed by atoms with Gasteiger partial charge in [-0.2, -0.15) is 0 Å². The molecule has 4 aromatic carbocycles. The monoisotopic (exact) mass is 554 g/mol. The highest BCUT2D eigenvalue weighted by atomic mass is 79.9. The van der Waals surface area contributed by atoms with E-state index in [0.29, 0.717) is 0 Å². The van der Waals surface area contributed by atoms with E-state index < -0.39 is 0 Å². The summed E-state index contributed by atoms with van der Waals surface area (Å²) in [5.74, 6) is 0. The first kappa shape index (κ1) is 24.0. The number of benzene rings is 4. The van der Waals surface area contributed by atoms with Gasteiger partial charge >= 0.3 is 0 Å². The average Bonchev–Trinajstić information content (AvgIpc) is 2.81. The van der Waals surface area contributed by atoms with Crippen molar-refractivity contribution in [2.24, 2.45) is 0 Å². The molecule has 0 aliphatic carbocycles. The maximum absolute atomic E-state index is 3.88. The van der Waals surface area contributed by atoms with Crippen LogP contribution in [0.15, 0.2) is 51.4 Å². The highest BCUT2D eigenvalue weighted by molar-refractivity contribution is 9.11. The van der Waals surface area contributed by atoms with Crippen LogP contribution in [-0.4, -0.2) is 0 Å². The third kappa shape index (κ3) is 5.50. The van der Waals surface area contributed by atoms with Gasteiger partial charge in [-0.25, -0.2) is 0 Å². The lowest BCUT2D eigenvalue weighted by atomic mass is 9.90. The zero-order valence-corrected chi connectivity index (χ0v) is 22.7. The van der Waals surface area contributed by atoms with Crippen molar-refractivity contribution in [3.63, 3.8) is 0 Å². The number of halogens is 2. The molecule has 170 valence electrons. The number of unbranched alkanes of at least 4 members (excludes halogenated alkanes) is 11. The molecule has 0 N–H and O–H groups in total. The fourth-order valence-electron chi connectivity index (χ4n) is 5.25. The summed E-state index contributed by atoms with van der Waals surface area (Å²) in [4.78, 5) is 0. The van der Waals surface area contributed by atoms with Gasteiger partial charge in [0.15, 0.2) is 0 Å². The summed E-state index contributed by atoms with van der Waals surface area (Å²) in [5, 5.41) is 8.22. The van der Waals surface area contributed by atoms with Crippen LogP contribution in [-0.2, 0) is 6.42 Å². The second-order valence-electron chi connectivity index (χ2n) is 9.45. The Morgan fingerprint density at radius 3 is 1.75 bits per heavy atom. The lowest BCUT2D eigenvalue weighted by Crippen LogP contribution is -1.93. The van der Waals surface area contributed by atoms with Gasteiger partial charge in [0.2, 0.25) is 0 Å². The SMILES string of the molecule is CCCCCCCCCCCCCCc1cc(Br)c2ccc3ccc(Br)c4ccc1c2c34. The Bertz CT molecular complexity index is 1140. The molecule has 0 aliphatic heterocycles. The van der Waals surface area contributed by atoms with Gasteiger partial charge in [0.25, 0.3) is 0 Å². The molecule has 4 aromatic rings. The Balaban J connectivity index is 1.33. The van der Waals surface area contributed by atoms with E-state index in [1.54, 1.807) is 0 Å². The minimum absolute atomic E-state index is 1.17. The van der Waals surface area contributed by atoms with Crippen molar-refractivity contribution in [3.8, 4) is 0 Å². The third-order valence-corrected chi connectivity index (χ3v) is 8.41. The van der Waals surface area contributed by atoms with E-state index in [9.17, 15) is 0 Å². The van der Waals surface area contributed by atoms with Crippen molar-refractivity contribution in [2.45, 2.75) is 90.4 Å². The van der Waals surface area contributed by atoms with E-state index >= 15 is 0 Å². The average molecular weight is 556 g/mol. The van der Waals surface area contributed by atoms with Gasteiger partial charge in [-0.15, -0.1) is 0 Å². The van der Waals surface area contributed by atoms with Crippen LogP contribution in [0.4, 0.5) is 0 Å². The molecule has 32 heavy (non-hydrogen) atoms. The van der Waals surface area contributed by atoms with Crippen LogP contribution in [0.3, 0.4) is 0 Å². The van der Waals surface area contributed by atoms with Crippen LogP contribution >= 0.6 is 31.9 Å². The van der Waals surface area contributed by atoms with Gasteiger partial charge in [0.1, 0.15) is 0 Å². The fourth-order valence-corrected chi connectivity index (χ4v) is 6.32. The Labute approximate surface area is 210 Å². The molecule has 0 radical (unpaired) electrons. The van der Waals surface area contributed by atoms with E-state index in [1.165, 1.54) is 130 Å². The van der Waals surface area contributed by atoms with Crippen molar-refractivity contribution in [1.29, 1.82) is 0 Å². The van der Waals surface area contributed by atoms with E-state index in [1.807, 2.05) is 0 Å². The third-order valence-electron chi connectivity index (χ3n) is 7.06. The summed E-state index contributed by atoms with van der Waals surface area (Å²) in [6.45, 7) is 2.29. The molecule has 0 saturated carbocycles. The summed E-state index contributed by atoms with van der Waals surface area (Å²) in [6, 6.07) is 15.9. The van der Waals surface area contributed by atoms with Gasteiger partial charge in [0.05, 0.1) is 0 Å². The van der Waals surface area contributed by atoms with Crippen molar-refractivity contribution in [1.82, 2.24) is 0 Å². The maximum atomic E-state index is 3.88. The van der Waals surface area contributed by atoms with Crippen LogP contribution in [0.25, 0.3) is 32.3 Å². The highest BCUT2D eigenvalue weighted by Crippen LogP contribution is 2.41. The highest BCUT2D eigenvalue weighted by Gasteiger charge is 2.14. The van der Waals surface area contributed by atoms with Crippen molar-refractivity contribution in [3.05, 3.63) is 57.0 Å². The van der Waals surface area contributed by atoms with Crippen LogP contribution in [0.5, 0.6) is 0 Å². The van der Waals surface area contributed by atoms with Gasteiger partial charge in [-0.3, -0.25) is 0 Å². The molecule has 0 aliphatic rings. The Morgan fingerprint density at radius 2 is 1.06 bits per heavy atom. The fraction of sp³-hybridized carbons (Fsp3) is 0.467. The first-order chi connectivity index (χ1) is 15.7. The first-order valence-electron chi connectivity index (χ1n) is 12.7. The maximum Gasteiger partial charge on any atom is 0.0257 e. The van der Waals surface area contributed by atoms with E-state index in [-0.39, 0.29) is 0 Å². The predicted molar refractivity (Wildman–Crippen MR) is 150 cm³/mol. The largest absolute Gasteiger partial charge is 0.0654 e. The minimum Gasteiger partial charge on any atom is -0.0654 e. The topological polar surface area (TPSA) is 0 Å². The number of hydrogen-bond donors (Lipinski definition) is 0. The molecule has 0 aromatic heterocycles. The molecular weight excluding hydrogens is 520 g/mol. The normalized spacial score (nSPS) is 12.0. The molecule has 0 bridgehead atoms. The lowest BCUT2D eigenvalue weighted by Gasteiger charge is -2.16. The summed E-state index contributed by atoms with van der Waals surface area (Å²) >= 11 is 7.64. The van der Waals surface area contributed by atoms with E-state index in [0.717, 1.165) is 0 Å². The van der Waals surface area contributed by atoms with Gasteiger partial charge in [-0.05, 0) is 62.9 Å². The molecule has 0 amide bonds. The summed E-state index contributed by atoms with van der Waals surface area (Å²) in [7, 11) is 0. The second kappa shape index (κ2) is 11.8. The summed E-state index contributed by atoms with van der Waals surface area (Å²) in [5.41, 5.74) is 1.49. The van der Waals surface area contributed by atoms with Crippen molar-refractivity contribution >= 4 is 64.2 Å². The molecule has 0 atom stereocenters. The number of aryl methyl sites for hydroxylation is 1. The van der Waals surface area contributed by atoms with Crippen molar-refractivity contribution in [2.75, 3.05) is 0 Å². The lowest BCUT2D eigenvalue weighted by molar-refractivity contribution is 0.544. The number of rotatable bonds is 13. The standard InChI is InChI=1S/C30H36Br2/c1-2-3-4-5-6-7-8-9-10-11-12-13-14-23-21-28(32)26-17-15-22-16-20-27(31)25-19-18-24(23)30(26)29(22)25/h15-21H,2-14H2,1H3. The Morgan fingerprint density at radius 1 is 0.531 bits per heavy atom. The van der Waals surface area contributed by atoms with Crippen LogP contribution < -0.4 is 0 Å². The molecule has 0 nitrogen and oxygen atoms in total. The molecule has 0 saturated heterocycles. The molecule has 0 spiro atoms. The number of hydrogen-bond acceptors (Lipinski definition) is 0. The van der Waals surface area contributed by atoms with Crippen LogP contribution in [0, 0.1) is 0 Å². The first-order valence-corrected chi connectivity index (χ1v) is 14.3. The predicted octanol–water partition coefficient (Wildman–Crippen LogP) is 11.4. The Hall–Kier alpha value is -1.12. The smallest absolute Gasteiger partial charge is 0.0257 e. The molecule has 4 rings (SSSR count).